The molecule has 1 aromatic rings. The lowest BCUT2D eigenvalue weighted by Gasteiger charge is -2.30. The van der Waals surface area contributed by atoms with Crippen molar-refractivity contribution >= 4 is 5.91 Å². The highest BCUT2D eigenvalue weighted by molar-refractivity contribution is 5.77. The third-order valence-electron chi connectivity index (χ3n) is 2.90. The second kappa shape index (κ2) is 5.08. The molecule has 3 N–H and O–H groups in total. The Hall–Kier alpha value is -1.76. The van der Waals surface area contributed by atoms with Gasteiger partial charge in [-0.1, -0.05) is 12.1 Å². The highest BCUT2D eigenvalue weighted by Crippen LogP contribution is 2.28. The Morgan fingerprint density at radius 2 is 2.11 bits per heavy atom. The molecule has 2 rings (SSSR count). The fourth-order valence-electron chi connectivity index (χ4n) is 2.05. The molecule has 2 atom stereocenters. The summed E-state index contributed by atoms with van der Waals surface area (Å²) in [5, 5.41) is 2.67. The topological polar surface area (TPSA) is 64.4 Å². The molecule has 104 valence electrons. The van der Waals surface area contributed by atoms with Crippen LogP contribution in [-0.4, -0.2) is 18.3 Å². The third kappa shape index (κ3) is 3.60. The standard InChI is InChI=1S/C12H13F3N2O2/c13-12(14,15)19-8-3-1-2-7(6-8)11-9(16)4-5-10(18)17-11/h1-3,6,9,11H,4-5,16H2,(H,17,18)/t9-,11-/m1/s1. The molecule has 7 heteroatoms. The first-order chi connectivity index (χ1) is 8.85. The number of benzene rings is 1. The average Bonchev–Trinajstić information content (AvgIpc) is 2.30. The summed E-state index contributed by atoms with van der Waals surface area (Å²) in [5.41, 5.74) is 6.37. The maximum absolute atomic E-state index is 12.1. The molecule has 1 amide bonds. The molecular weight excluding hydrogens is 261 g/mol. The molecule has 1 aromatic carbocycles. The number of hydrogen-bond donors (Lipinski definition) is 2. The number of nitrogens with one attached hydrogen (secondary N) is 1. The van der Waals surface area contributed by atoms with Crippen LogP contribution in [0.2, 0.25) is 0 Å². The number of ether oxygens (including phenoxy) is 1. The summed E-state index contributed by atoms with van der Waals surface area (Å²) in [4.78, 5) is 11.3. The number of hydrogen-bond acceptors (Lipinski definition) is 3. The summed E-state index contributed by atoms with van der Waals surface area (Å²) in [6, 6.07) is 4.68. The number of halogens is 3. The van der Waals surface area contributed by atoms with Crippen LogP contribution in [0.5, 0.6) is 5.75 Å². The molecule has 0 unspecified atom stereocenters. The Morgan fingerprint density at radius 3 is 2.79 bits per heavy atom. The van der Waals surface area contributed by atoms with Gasteiger partial charge in [-0.2, -0.15) is 0 Å². The van der Waals surface area contributed by atoms with Gasteiger partial charge in [0.15, 0.2) is 0 Å². The zero-order chi connectivity index (χ0) is 14.0. The minimum absolute atomic E-state index is 0.158. The highest BCUT2D eigenvalue weighted by Gasteiger charge is 2.32. The molecule has 1 fully saturated rings. The van der Waals surface area contributed by atoms with E-state index in [1.165, 1.54) is 18.2 Å². The van der Waals surface area contributed by atoms with Gasteiger partial charge in [-0.25, -0.2) is 0 Å². The van der Waals surface area contributed by atoms with Crippen LogP contribution in [0, 0.1) is 0 Å². The molecular formula is C12H13F3N2O2. The van der Waals surface area contributed by atoms with Crippen molar-refractivity contribution in [2.75, 3.05) is 0 Å². The second-order valence-corrected chi connectivity index (χ2v) is 4.37. The van der Waals surface area contributed by atoms with E-state index in [-0.39, 0.29) is 17.7 Å². The van der Waals surface area contributed by atoms with Crippen LogP contribution in [0.4, 0.5) is 13.2 Å². The van der Waals surface area contributed by atoms with Gasteiger partial charge in [0.05, 0.1) is 6.04 Å². The molecule has 0 bridgehead atoms. The summed E-state index contributed by atoms with van der Waals surface area (Å²) >= 11 is 0. The van der Waals surface area contributed by atoms with Crippen LogP contribution in [0.25, 0.3) is 0 Å². The number of rotatable bonds is 2. The average molecular weight is 274 g/mol. The van der Waals surface area contributed by atoms with Crippen molar-refractivity contribution in [3.05, 3.63) is 29.8 Å². The van der Waals surface area contributed by atoms with Gasteiger partial charge in [0.25, 0.3) is 0 Å². The summed E-state index contributed by atoms with van der Waals surface area (Å²) in [7, 11) is 0. The maximum Gasteiger partial charge on any atom is 0.573 e. The van der Waals surface area contributed by atoms with E-state index in [2.05, 4.69) is 10.1 Å². The number of carbonyl (C=O) groups excluding carboxylic acids is 1. The summed E-state index contributed by atoms with van der Waals surface area (Å²) in [5.74, 6) is -0.481. The molecule has 0 radical (unpaired) electrons. The van der Waals surface area contributed by atoms with Crippen LogP contribution < -0.4 is 15.8 Å². The zero-order valence-corrected chi connectivity index (χ0v) is 9.91. The first-order valence-corrected chi connectivity index (χ1v) is 5.76. The van der Waals surface area contributed by atoms with Gasteiger partial charge in [0.1, 0.15) is 5.75 Å². The fraction of sp³-hybridized carbons (Fsp3) is 0.417. The molecule has 4 nitrogen and oxygen atoms in total. The first-order valence-electron chi connectivity index (χ1n) is 5.76. The summed E-state index contributed by atoms with van der Waals surface area (Å²) in [6.45, 7) is 0. The molecule has 0 aliphatic carbocycles. The number of piperidine rings is 1. The lowest BCUT2D eigenvalue weighted by Crippen LogP contribution is -2.45. The number of alkyl halides is 3. The predicted octanol–water partition coefficient (Wildman–Crippen LogP) is 1.86. The van der Waals surface area contributed by atoms with Gasteiger partial charge in [-0.15, -0.1) is 13.2 Å². The Morgan fingerprint density at radius 1 is 1.37 bits per heavy atom. The third-order valence-corrected chi connectivity index (χ3v) is 2.90. The lowest BCUT2D eigenvalue weighted by molar-refractivity contribution is -0.274. The van der Waals surface area contributed by atoms with E-state index in [4.69, 9.17) is 5.73 Å². The first kappa shape index (κ1) is 13.7. The molecule has 0 saturated carbocycles. The summed E-state index contributed by atoms with van der Waals surface area (Å²) in [6.07, 6.45) is -3.91. The summed E-state index contributed by atoms with van der Waals surface area (Å²) < 4.78 is 40.3. The number of amides is 1. The van der Waals surface area contributed by atoms with Crippen LogP contribution in [0.1, 0.15) is 24.4 Å². The van der Waals surface area contributed by atoms with E-state index >= 15 is 0 Å². The van der Waals surface area contributed by atoms with Crippen molar-refractivity contribution in [1.29, 1.82) is 0 Å². The largest absolute Gasteiger partial charge is 0.573 e. The zero-order valence-electron chi connectivity index (χ0n) is 9.91. The lowest BCUT2D eigenvalue weighted by atomic mass is 9.92. The second-order valence-electron chi connectivity index (χ2n) is 4.37. The van der Waals surface area contributed by atoms with E-state index in [0.29, 0.717) is 18.4 Å². The SMILES string of the molecule is N[C@@H]1CCC(=O)N[C@@H]1c1cccc(OC(F)(F)F)c1. The van der Waals surface area contributed by atoms with E-state index in [1.807, 2.05) is 0 Å². The quantitative estimate of drug-likeness (QED) is 0.865. The van der Waals surface area contributed by atoms with Gasteiger partial charge in [-0.05, 0) is 24.1 Å². The van der Waals surface area contributed by atoms with Gasteiger partial charge in [-0.3, -0.25) is 4.79 Å². The minimum Gasteiger partial charge on any atom is -0.406 e. The fourth-order valence-corrected chi connectivity index (χ4v) is 2.05. The number of carbonyl (C=O) groups is 1. The van der Waals surface area contributed by atoms with Gasteiger partial charge < -0.3 is 15.8 Å². The molecule has 19 heavy (non-hydrogen) atoms. The molecule has 0 aromatic heterocycles. The Kier molecular flexibility index (Phi) is 3.66. The van der Waals surface area contributed by atoms with E-state index in [1.54, 1.807) is 6.07 Å². The van der Waals surface area contributed by atoms with E-state index in [0.717, 1.165) is 0 Å². The van der Waals surface area contributed by atoms with Gasteiger partial charge in [0, 0.05) is 12.5 Å². The molecule has 1 heterocycles. The predicted molar refractivity (Wildman–Crippen MR) is 61.2 cm³/mol. The van der Waals surface area contributed by atoms with Gasteiger partial charge in [0.2, 0.25) is 5.91 Å². The normalized spacial score (nSPS) is 23.9. The molecule has 1 aliphatic heterocycles. The van der Waals surface area contributed by atoms with Crippen molar-refractivity contribution in [1.82, 2.24) is 5.32 Å². The van der Waals surface area contributed by atoms with Crippen molar-refractivity contribution in [3.63, 3.8) is 0 Å². The number of nitrogens with two attached hydrogens (primary N) is 1. The van der Waals surface area contributed by atoms with Crippen molar-refractivity contribution in [2.45, 2.75) is 31.3 Å². The van der Waals surface area contributed by atoms with Crippen molar-refractivity contribution in [3.8, 4) is 5.75 Å². The van der Waals surface area contributed by atoms with E-state index < -0.39 is 12.4 Å². The molecule has 0 spiro atoms. The Bertz CT molecular complexity index is 476. The van der Waals surface area contributed by atoms with Gasteiger partial charge >= 0.3 is 6.36 Å². The minimum atomic E-state index is -4.74. The van der Waals surface area contributed by atoms with Crippen LogP contribution >= 0.6 is 0 Å². The van der Waals surface area contributed by atoms with Crippen molar-refractivity contribution < 1.29 is 22.7 Å². The van der Waals surface area contributed by atoms with E-state index in [9.17, 15) is 18.0 Å². The van der Waals surface area contributed by atoms with Crippen LogP contribution in [-0.2, 0) is 4.79 Å². The Balaban J connectivity index is 2.20. The smallest absolute Gasteiger partial charge is 0.406 e. The monoisotopic (exact) mass is 274 g/mol. The Labute approximate surface area is 107 Å². The van der Waals surface area contributed by atoms with Crippen molar-refractivity contribution in [2.24, 2.45) is 5.73 Å². The highest BCUT2D eigenvalue weighted by atomic mass is 19.4. The molecule has 1 aliphatic rings. The van der Waals surface area contributed by atoms with Crippen LogP contribution in [0.15, 0.2) is 24.3 Å². The molecule has 1 saturated heterocycles. The van der Waals surface area contributed by atoms with Crippen LogP contribution in [0.3, 0.4) is 0 Å². The maximum atomic E-state index is 12.1.